The lowest BCUT2D eigenvalue weighted by atomic mass is 10.1. The van der Waals surface area contributed by atoms with Crippen LogP contribution in [0.1, 0.15) is 23.6 Å². The summed E-state index contributed by atoms with van der Waals surface area (Å²) in [5.41, 5.74) is 3.63. The molecule has 0 spiro atoms. The van der Waals surface area contributed by atoms with Gasteiger partial charge in [0.25, 0.3) is 5.91 Å². The summed E-state index contributed by atoms with van der Waals surface area (Å²) in [5.74, 6) is 0.835. The minimum absolute atomic E-state index is 0.126. The summed E-state index contributed by atoms with van der Waals surface area (Å²) in [4.78, 5) is 21.4. The summed E-state index contributed by atoms with van der Waals surface area (Å²) in [6.07, 6.45) is 3.11. The molecule has 0 radical (unpaired) electrons. The molecule has 1 N–H and O–H groups in total. The quantitative estimate of drug-likeness (QED) is 0.775. The van der Waals surface area contributed by atoms with Crippen LogP contribution in [0.2, 0.25) is 0 Å². The van der Waals surface area contributed by atoms with Crippen molar-refractivity contribution in [3.8, 4) is 5.75 Å². The highest BCUT2D eigenvalue weighted by Crippen LogP contribution is 2.33. The number of amides is 1. The molecule has 6 heteroatoms. The molecule has 1 fully saturated rings. The molecule has 5 rings (SSSR count). The van der Waals surface area contributed by atoms with Crippen molar-refractivity contribution >= 4 is 28.9 Å². The Hall–Kier alpha value is -2.57. The van der Waals surface area contributed by atoms with Crippen LogP contribution in [0.25, 0.3) is 6.08 Å². The molecular weight excluding hydrogens is 394 g/mol. The predicted octanol–water partition coefficient (Wildman–Crippen LogP) is 2.38. The van der Waals surface area contributed by atoms with E-state index in [1.54, 1.807) is 4.90 Å². The molecule has 0 saturated carbocycles. The van der Waals surface area contributed by atoms with Gasteiger partial charge in [0.15, 0.2) is 5.17 Å². The topological polar surface area (TPSA) is 46.3 Å². The van der Waals surface area contributed by atoms with E-state index in [0.29, 0.717) is 4.91 Å². The third kappa shape index (κ3) is 4.16. The van der Waals surface area contributed by atoms with Gasteiger partial charge in [-0.25, -0.2) is 0 Å². The molecule has 3 aliphatic heterocycles. The number of nitrogens with zero attached hydrogens (tertiary/aromatic N) is 2. The summed E-state index contributed by atoms with van der Waals surface area (Å²) >= 11 is 1.51. The van der Waals surface area contributed by atoms with Gasteiger partial charge >= 0.3 is 0 Å². The third-order valence-electron chi connectivity index (χ3n) is 5.87. The lowest BCUT2D eigenvalue weighted by Gasteiger charge is -2.32. The van der Waals surface area contributed by atoms with Crippen LogP contribution in [-0.4, -0.2) is 48.3 Å². The van der Waals surface area contributed by atoms with Gasteiger partial charge in [0.1, 0.15) is 18.4 Å². The number of amidine groups is 1. The number of carbonyl (C=O) groups is 1. The summed E-state index contributed by atoms with van der Waals surface area (Å²) in [6.45, 7) is 7.12. The first-order chi connectivity index (χ1) is 14.6. The highest BCUT2D eigenvalue weighted by Gasteiger charge is 2.30. The van der Waals surface area contributed by atoms with Crippen LogP contribution >= 0.6 is 11.8 Å². The molecule has 0 bridgehead atoms. The van der Waals surface area contributed by atoms with Crippen molar-refractivity contribution in [2.45, 2.75) is 26.0 Å². The first kappa shape index (κ1) is 19.4. The van der Waals surface area contributed by atoms with Gasteiger partial charge < -0.3 is 14.5 Å². The highest BCUT2D eigenvalue weighted by atomic mass is 32.2. The Balaban J connectivity index is 1.20. The largest absolute Gasteiger partial charge is 0.490 e. The molecule has 5 nitrogen and oxygen atoms in total. The van der Waals surface area contributed by atoms with Gasteiger partial charge in [-0.05, 0) is 48.0 Å². The van der Waals surface area contributed by atoms with E-state index in [4.69, 9.17) is 4.74 Å². The Labute approximate surface area is 181 Å². The Morgan fingerprint density at radius 1 is 1.20 bits per heavy atom. The molecule has 3 aliphatic rings. The minimum Gasteiger partial charge on any atom is -0.490 e. The fourth-order valence-electron chi connectivity index (χ4n) is 4.29. The van der Waals surface area contributed by atoms with Crippen LogP contribution in [-0.2, 0) is 17.8 Å². The van der Waals surface area contributed by atoms with E-state index < -0.39 is 0 Å². The van der Waals surface area contributed by atoms with E-state index in [1.807, 2.05) is 18.2 Å². The molecule has 1 amide bonds. The molecule has 2 aromatic carbocycles. The molecule has 0 aromatic heterocycles. The molecule has 1 saturated heterocycles. The van der Waals surface area contributed by atoms with Gasteiger partial charge in [-0.3, -0.25) is 4.79 Å². The van der Waals surface area contributed by atoms with Crippen molar-refractivity contribution in [3.63, 3.8) is 0 Å². The zero-order valence-electron chi connectivity index (χ0n) is 17.1. The molecule has 154 valence electrons. The Kier molecular flexibility index (Phi) is 5.35. The molecule has 0 unspecified atom stereocenters. The fourth-order valence-corrected chi connectivity index (χ4v) is 5.26. The summed E-state index contributed by atoms with van der Waals surface area (Å²) in [5, 5.41) is 0.850. The second-order valence-corrected chi connectivity index (χ2v) is 9.22. The summed E-state index contributed by atoms with van der Waals surface area (Å²) in [7, 11) is 0. The van der Waals surface area contributed by atoms with Gasteiger partial charge in [0.2, 0.25) is 0 Å². The van der Waals surface area contributed by atoms with Crippen LogP contribution in [0.3, 0.4) is 0 Å². The molecular formula is C24H26N3O2S+. The Morgan fingerprint density at radius 3 is 2.80 bits per heavy atom. The first-order valence-electron chi connectivity index (χ1n) is 10.6. The first-order valence-corrected chi connectivity index (χ1v) is 11.4. The van der Waals surface area contributed by atoms with Crippen molar-refractivity contribution in [1.82, 2.24) is 4.90 Å². The number of ether oxygens (including phenoxy) is 1. The van der Waals surface area contributed by atoms with E-state index in [1.165, 1.54) is 22.9 Å². The van der Waals surface area contributed by atoms with Gasteiger partial charge in [0, 0.05) is 12.0 Å². The molecule has 2 aromatic rings. The number of nitrogens with one attached hydrogen (secondary N) is 1. The zero-order chi connectivity index (χ0) is 20.5. The maximum atomic E-state index is 12.5. The number of rotatable bonds is 3. The van der Waals surface area contributed by atoms with Gasteiger partial charge in [-0.1, -0.05) is 36.4 Å². The van der Waals surface area contributed by atoms with Crippen molar-refractivity contribution in [2.75, 3.05) is 26.2 Å². The van der Waals surface area contributed by atoms with Crippen LogP contribution in [0.4, 0.5) is 0 Å². The smallest absolute Gasteiger partial charge is 0.286 e. The Morgan fingerprint density at radius 2 is 2.00 bits per heavy atom. The molecule has 3 heterocycles. The number of fused-ring (bicyclic) bond motifs is 1. The Bertz CT molecular complexity index is 1010. The lowest BCUT2D eigenvalue weighted by molar-refractivity contribution is -0.917. The molecule has 30 heavy (non-hydrogen) atoms. The maximum Gasteiger partial charge on any atom is 0.286 e. The number of hydrogen-bond acceptors (Lipinski definition) is 4. The number of piperazine rings is 1. The second kappa shape index (κ2) is 8.28. The third-order valence-corrected chi connectivity index (χ3v) is 6.91. The van der Waals surface area contributed by atoms with Crippen LogP contribution in [0.15, 0.2) is 58.4 Å². The number of benzene rings is 2. The van der Waals surface area contributed by atoms with Crippen LogP contribution in [0.5, 0.6) is 5.75 Å². The minimum atomic E-state index is -0.126. The van der Waals surface area contributed by atoms with Crippen molar-refractivity contribution in [1.29, 1.82) is 0 Å². The van der Waals surface area contributed by atoms with Crippen molar-refractivity contribution in [3.05, 3.63) is 70.1 Å². The van der Waals surface area contributed by atoms with Gasteiger partial charge in [-0.15, -0.1) is 0 Å². The maximum absolute atomic E-state index is 12.5. The number of thioether (sulfide) groups is 1. The predicted molar refractivity (Wildman–Crippen MR) is 121 cm³/mol. The van der Waals surface area contributed by atoms with Crippen LogP contribution < -0.4 is 9.64 Å². The normalized spacial score (nSPS) is 22.9. The van der Waals surface area contributed by atoms with E-state index in [-0.39, 0.29) is 12.0 Å². The zero-order valence-corrected chi connectivity index (χ0v) is 18.0. The number of quaternary nitrogens is 1. The monoisotopic (exact) mass is 420 g/mol. The number of carbonyl (C=O) groups excluding carboxylic acids is 1. The number of aliphatic imine (C=N–C) groups is 1. The fraction of sp³-hybridized carbons (Fsp3) is 0.333. The summed E-state index contributed by atoms with van der Waals surface area (Å²) in [6, 6.07) is 16.8. The van der Waals surface area contributed by atoms with Gasteiger partial charge in [0.05, 0.1) is 31.1 Å². The summed E-state index contributed by atoms with van der Waals surface area (Å²) < 4.78 is 5.77. The molecule has 1 atom stereocenters. The average Bonchev–Trinajstić information content (AvgIpc) is 3.30. The van der Waals surface area contributed by atoms with Crippen molar-refractivity contribution < 1.29 is 14.4 Å². The standard InChI is InChI=1S/C24H25N3O2S/c1-17-13-20-14-19(7-8-21(20)29-17)15-22-23(28)25-24(30-22)27-11-9-26(10-12-27)16-18-5-3-2-4-6-18/h2-8,14-15,17H,9-13,16H2,1H3/p+1/b22-15-/t17-/m0/s1. The molecule has 0 aliphatic carbocycles. The van der Waals surface area contributed by atoms with Crippen molar-refractivity contribution in [2.24, 2.45) is 4.99 Å². The van der Waals surface area contributed by atoms with Gasteiger partial charge in [-0.2, -0.15) is 4.99 Å². The number of hydrogen-bond donors (Lipinski definition) is 1. The average molecular weight is 421 g/mol. The van der Waals surface area contributed by atoms with E-state index in [0.717, 1.165) is 55.6 Å². The van der Waals surface area contributed by atoms with Crippen LogP contribution in [0, 0.1) is 0 Å². The second-order valence-electron chi connectivity index (χ2n) is 8.21. The highest BCUT2D eigenvalue weighted by molar-refractivity contribution is 8.18. The SMILES string of the molecule is C[C@H]1Cc2cc(/C=C3\SC(N4CC[NH+](Cc5ccccc5)CC4)=NC3=O)ccc2O1. The van der Waals surface area contributed by atoms with E-state index in [9.17, 15) is 4.79 Å². The van der Waals surface area contributed by atoms with E-state index >= 15 is 0 Å². The van der Waals surface area contributed by atoms with E-state index in [2.05, 4.69) is 53.2 Å². The lowest BCUT2D eigenvalue weighted by Crippen LogP contribution is -3.13.